The zero-order valence-electron chi connectivity index (χ0n) is 15.0. The Balaban J connectivity index is 0.000000180. The predicted octanol–water partition coefficient (Wildman–Crippen LogP) is 4.21. The number of alkyl halides is 1. The highest BCUT2D eigenvalue weighted by Crippen LogP contribution is 2.18. The van der Waals surface area contributed by atoms with Crippen molar-refractivity contribution in [2.75, 3.05) is 19.1 Å². The van der Waals surface area contributed by atoms with Crippen LogP contribution in [0.5, 0.6) is 0 Å². The Morgan fingerprint density at radius 1 is 0.917 bits per heavy atom. The van der Waals surface area contributed by atoms with Crippen LogP contribution in [0.3, 0.4) is 0 Å². The molecule has 0 spiro atoms. The molecular formula is C19H33ClO4. The molecule has 0 aromatic carbocycles. The van der Waals surface area contributed by atoms with E-state index in [1.54, 1.807) is 0 Å². The van der Waals surface area contributed by atoms with Gasteiger partial charge in [0.05, 0.1) is 31.5 Å². The van der Waals surface area contributed by atoms with Crippen LogP contribution in [0.15, 0.2) is 24.3 Å². The number of hydrogen-bond acceptors (Lipinski definition) is 4. The summed E-state index contributed by atoms with van der Waals surface area (Å²) in [6.07, 6.45) is 15.7. The minimum Gasteiger partial charge on any atom is -0.373 e. The molecular weight excluding hydrogens is 328 g/mol. The third kappa shape index (κ3) is 13.0. The zero-order chi connectivity index (χ0) is 17.6. The topological polar surface area (TPSA) is 54.5 Å². The third-order valence-corrected chi connectivity index (χ3v) is 4.19. The number of epoxide rings is 2. The number of ether oxygens (including phenoxy) is 3. The van der Waals surface area contributed by atoms with E-state index in [1.807, 2.05) is 13.8 Å². The van der Waals surface area contributed by atoms with E-state index in [0.29, 0.717) is 18.1 Å². The summed E-state index contributed by atoms with van der Waals surface area (Å²) in [5, 5.41) is 8.75. The fourth-order valence-corrected chi connectivity index (χ4v) is 2.39. The van der Waals surface area contributed by atoms with Gasteiger partial charge < -0.3 is 19.3 Å². The van der Waals surface area contributed by atoms with Crippen LogP contribution in [-0.2, 0) is 14.2 Å². The summed E-state index contributed by atoms with van der Waals surface area (Å²) in [7, 11) is 0. The van der Waals surface area contributed by atoms with Crippen molar-refractivity contribution < 1.29 is 19.3 Å². The molecule has 0 aromatic rings. The highest BCUT2D eigenvalue weighted by atomic mass is 35.5. The molecule has 5 heteroatoms. The molecule has 3 fully saturated rings. The number of aliphatic hydroxyl groups is 1. The van der Waals surface area contributed by atoms with E-state index in [4.69, 9.17) is 30.9 Å². The van der Waals surface area contributed by atoms with Crippen molar-refractivity contribution in [1.82, 2.24) is 0 Å². The molecule has 24 heavy (non-hydrogen) atoms. The van der Waals surface area contributed by atoms with Crippen molar-refractivity contribution in [2.24, 2.45) is 0 Å². The Hall–Kier alpha value is -0.390. The Morgan fingerprint density at radius 3 is 1.67 bits per heavy atom. The van der Waals surface area contributed by atoms with Crippen LogP contribution in [0.4, 0.5) is 0 Å². The minimum atomic E-state index is -0.557. The SMILES string of the molecule is C/C=C/CC[C@@H]1CO1.C/C=C\CC[C@@H]1CO1.OC1CC[C@H](CCl)O1. The van der Waals surface area contributed by atoms with Gasteiger partial charge in [-0.25, -0.2) is 0 Å². The van der Waals surface area contributed by atoms with E-state index in [9.17, 15) is 0 Å². The molecule has 0 radical (unpaired) electrons. The van der Waals surface area contributed by atoms with Gasteiger partial charge in [-0.2, -0.15) is 0 Å². The first-order chi connectivity index (χ1) is 11.7. The maximum Gasteiger partial charge on any atom is 0.155 e. The van der Waals surface area contributed by atoms with E-state index in [2.05, 4.69) is 24.3 Å². The van der Waals surface area contributed by atoms with Crippen LogP contribution in [-0.4, -0.2) is 48.8 Å². The molecule has 0 aromatic heterocycles. The van der Waals surface area contributed by atoms with Gasteiger partial charge in [-0.15, -0.1) is 11.6 Å². The average molecular weight is 361 g/mol. The molecule has 0 bridgehead atoms. The van der Waals surface area contributed by atoms with E-state index >= 15 is 0 Å². The van der Waals surface area contributed by atoms with Gasteiger partial charge in [0.1, 0.15) is 0 Å². The fraction of sp³-hybridized carbons (Fsp3) is 0.789. The van der Waals surface area contributed by atoms with Gasteiger partial charge in [-0.05, 0) is 46.0 Å². The zero-order valence-corrected chi connectivity index (χ0v) is 15.8. The summed E-state index contributed by atoms with van der Waals surface area (Å²) < 4.78 is 15.0. The fourth-order valence-electron chi connectivity index (χ4n) is 2.17. The predicted molar refractivity (Wildman–Crippen MR) is 98.4 cm³/mol. The van der Waals surface area contributed by atoms with Crippen molar-refractivity contribution in [3.8, 4) is 0 Å². The largest absolute Gasteiger partial charge is 0.373 e. The van der Waals surface area contributed by atoms with Crippen molar-refractivity contribution in [3.63, 3.8) is 0 Å². The van der Waals surface area contributed by atoms with Gasteiger partial charge >= 0.3 is 0 Å². The van der Waals surface area contributed by atoms with Gasteiger partial charge in [0.2, 0.25) is 0 Å². The van der Waals surface area contributed by atoms with Crippen molar-refractivity contribution in [2.45, 2.75) is 77.0 Å². The first-order valence-electron chi connectivity index (χ1n) is 9.04. The standard InChI is InChI=1S/2C7H12O.C5H9ClO2/c2*1-2-3-4-5-7-6-8-7;6-3-4-1-2-5(7)8-4/h2*2-3,7H,4-6H2,1H3;4-5,7H,1-3H2/b3-2+;3-2-;/t2*7-;4-,5?/m111/s1. The molecule has 4 atom stereocenters. The molecule has 3 saturated heterocycles. The van der Waals surface area contributed by atoms with Crippen molar-refractivity contribution in [1.29, 1.82) is 0 Å². The number of rotatable bonds is 7. The van der Waals surface area contributed by atoms with Gasteiger partial charge in [-0.3, -0.25) is 0 Å². The summed E-state index contributed by atoms with van der Waals surface area (Å²) in [6.45, 7) is 6.09. The second-order valence-corrected chi connectivity index (χ2v) is 6.46. The Bertz CT molecular complexity index is 327. The Kier molecular flexibility index (Phi) is 12.5. The first kappa shape index (κ1) is 21.7. The van der Waals surface area contributed by atoms with E-state index < -0.39 is 6.29 Å². The lowest BCUT2D eigenvalue weighted by Crippen LogP contribution is -2.10. The number of halogens is 1. The lowest BCUT2D eigenvalue weighted by atomic mass is 10.2. The highest BCUT2D eigenvalue weighted by molar-refractivity contribution is 6.18. The minimum absolute atomic E-state index is 0.0895. The molecule has 1 unspecified atom stereocenters. The van der Waals surface area contributed by atoms with Crippen molar-refractivity contribution >= 4 is 11.6 Å². The third-order valence-electron chi connectivity index (χ3n) is 3.84. The lowest BCUT2D eigenvalue weighted by Gasteiger charge is -2.03. The maximum absolute atomic E-state index is 8.75. The molecule has 1 N–H and O–H groups in total. The number of aliphatic hydroxyl groups excluding tert-OH is 1. The van der Waals surface area contributed by atoms with Crippen LogP contribution in [0.2, 0.25) is 0 Å². The quantitative estimate of drug-likeness (QED) is 0.420. The second-order valence-electron chi connectivity index (χ2n) is 6.15. The van der Waals surface area contributed by atoms with Gasteiger partial charge in [0.25, 0.3) is 0 Å². The van der Waals surface area contributed by atoms with E-state index in [-0.39, 0.29) is 6.10 Å². The van der Waals surface area contributed by atoms with Gasteiger partial charge in [0.15, 0.2) is 6.29 Å². The smallest absolute Gasteiger partial charge is 0.155 e. The van der Waals surface area contributed by atoms with Crippen LogP contribution >= 0.6 is 11.6 Å². The van der Waals surface area contributed by atoms with Crippen LogP contribution < -0.4 is 0 Å². The summed E-state index contributed by atoms with van der Waals surface area (Å²) in [6, 6.07) is 0. The molecule has 0 aliphatic carbocycles. The molecule has 3 aliphatic rings. The molecule has 3 rings (SSSR count). The van der Waals surface area contributed by atoms with Crippen LogP contribution in [0, 0.1) is 0 Å². The van der Waals surface area contributed by atoms with Gasteiger partial charge in [-0.1, -0.05) is 24.3 Å². The summed E-state index contributed by atoms with van der Waals surface area (Å²) >= 11 is 5.44. The Morgan fingerprint density at radius 2 is 1.42 bits per heavy atom. The summed E-state index contributed by atoms with van der Waals surface area (Å²) in [5.74, 6) is 0.497. The van der Waals surface area contributed by atoms with Crippen LogP contribution in [0.25, 0.3) is 0 Å². The van der Waals surface area contributed by atoms with E-state index in [1.165, 1.54) is 25.7 Å². The molecule has 0 saturated carbocycles. The lowest BCUT2D eigenvalue weighted by molar-refractivity contribution is -0.0840. The van der Waals surface area contributed by atoms with Crippen molar-refractivity contribution in [3.05, 3.63) is 24.3 Å². The highest BCUT2D eigenvalue weighted by Gasteiger charge is 2.22. The molecule has 3 aliphatic heterocycles. The first-order valence-corrected chi connectivity index (χ1v) is 9.58. The molecule has 0 amide bonds. The maximum atomic E-state index is 8.75. The van der Waals surface area contributed by atoms with Crippen LogP contribution in [0.1, 0.15) is 52.4 Å². The number of hydrogen-bond donors (Lipinski definition) is 1. The molecule has 3 heterocycles. The number of allylic oxidation sites excluding steroid dienone is 4. The monoisotopic (exact) mass is 360 g/mol. The second kappa shape index (κ2) is 13.9. The molecule has 4 nitrogen and oxygen atoms in total. The molecule has 140 valence electrons. The summed E-state index contributed by atoms with van der Waals surface area (Å²) in [4.78, 5) is 0. The van der Waals surface area contributed by atoms with Gasteiger partial charge in [0, 0.05) is 12.3 Å². The van der Waals surface area contributed by atoms with E-state index in [0.717, 1.165) is 26.1 Å². The average Bonchev–Trinajstić information content (AvgIpc) is 3.51. The summed E-state index contributed by atoms with van der Waals surface area (Å²) in [5.41, 5.74) is 0. The Labute approximate surface area is 151 Å². The normalized spacial score (nSPS) is 30.7.